The maximum atomic E-state index is 5.08. The maximum absolute atomic E-state index is 5.08. The molecule has 0 saturated carbocycles. The molecule has 6 nitrogen and oxygen atoms in total. The molecule has 0 atom stereocenters. The van der Waals surface area contributed by atoms with Crippen molar-refractivity contribution in [2.75, 3.05) is 16.8 Å². The first-order chi connectivity index (χ1) is 11.2. The van der Waals surface area contributed by atoms with Gasteiger partial charge in [-0.2, -0.15) is 4.98 Å². The maximum Gasteiger partial charge on any atom is 0.232 e. The molecule has 1 aliphatic rings. The van der Waals surface area contributed by atoms with E-state index in [0.717, 1.165) is 24.4 Å². The van der Waals surface area contributed by atoms with Gasteiger partial charge in [-0.1, -0.05) is 23.4 Å². The summed E-state index contributed by atoms with van der Waals surface area (Å²) < 4.78 is 5.08. The Labute approximate surface area is 134 Å². The van der Waals surface area contributed by atoms with Crippen molar-refractivity contribution >= 4 is 23.3 Å². The second-order valence-electron chi connectivity index (χ2n) is 5.67. The highest BCUT2D eigenvalue weighted by Gasteiger charge is 2.22. The smallest absolute Gasteiger partial charge is 0.232 e. The molecule has 0 aliphatic carbocycles. The van der Waals surface area contributed by atoms with Crippen LogP contribution in [0.5, 0.6) is 0 Å². The highest BCUT2D eigenvalue weighted by Crippen LogP contribution is 2.33. The van der Waals surface area contributed by atoms with E-state index in [0.29, 0.717) is 17.6 Å². The van der Waals surface area contributed by atoms with Crippen LogP contribution in [-0.4, -0.2) is 21.7 Å². The summed E-state index contributed by atoms with van der Waals surface area (Å²) in [6.07, 6.45) is 1.01. The van der Waals surface area contributed by atoms with Crippen LogP contribution >= 0.6 is 0 Å². The Hall–Kier alpha value is -2.89. The summed E-state index contributed by atoms with van der Waals surface area (Å²) in [4.78, 5) is 11.4. The Morgan fingerprint density at radius 2 is 1.96 bits per heavy atom. The van der Waals surface area contributed by atoms with Gasteiger partial charge in [-0.15, -0.1) is 0 Å². The van der Waals surface area contributed by atoms with E-state index in [4.69, 9.17) is 4.52 Å². The number of aromatic nitrogens is 3. The molecule has 116 valence electrons. The average molecular weight is 307 g/mol. The molecule has 1 aromatic carbocycles. The fraction of sp³-hybridized carbons (Fsp3) is 0.235. The van der Waals surface area contributed by atoms with Crippen molar-refractivity contribution in [3.8, 4) is 0 Å². The molecular formula is C17H17N5O. The minimum atomic E-state index is 0.647. The fourth-order valence-corrected chi connectivity index (χ4v) is 2.84. The Morgan fingerprint density at radius 1 is 1.09 bits per heavy atom. The lowest BCUT2D eigenvalue weighted by atomic mass is 10.2. The number of rotatable bonds is 3. The third-order valence-corrected chi connectivity index (χ3v) is 3.86. The van der Waals surface area contributed by atoms with Gasteiger partial charge in [0.2, 0.25) is 5.95 Å². The number of anilines is 4. The zero-order chi connectivity index (χ0) is 15.8. The number of aryl methyl sites for hydroxylation is 2. The first kappa shape index (κ1) is 13.8. The molecule has 6 heteroatoms. The Kier molecular flexibility index (Phi) is 3.22. The number of benzene rings is 1. The summed E-state index contributed by atoms with van der Waals surface area (Å²) in [6.45, 7) is 4.72. The lowest BCUT2D eigenvalue weighted by molar-refractivity contribution is 0.400. The van der Waals surface area contributed by atoms with E-state index in [1.54, 1.807) is 0 Å². The summed E-state index contributed by atoms with van der Waals surface area (Å²) in [5, 5.41) is 7.11. The Morgan fingerprint density at radius 3 is 2.78 bits per heavy atom. The van der Waals surface area contributed by atoms with Crippen molar-refractivity contribution in [3.63, 3.8) is 0 Å². The molecule has 0 spiro atoms. The van der Waals surface area contributed by atoms with Crippen molar-refractivity contribution in [3.05, 3.63) is 53.4 Å². The fourth-order valence-electron chi connectivity index (χ4n) is 2.84. The zero-order valence-electron chi connectivity index (χ0n) is 13.1. The van der Waals surface area contributed by atoms with Crippen LogP contribution in [0.1, 0.15) is 17.0 Å². The summed E-state index contributed by atoms with van der Waals surface area (Å²) in [5.41, 5.74) is 3.42. The van der Waals surface area contributed by atoms with Crippen LogP contribution in [0.15, 0.2) is 40.9 Å². The lowest BCUT2D eigenvalue weighted by Crippen LogP contribution is -2.17. The molecule has 1 N–H and O–H groups in total. The molecule has 0 radical (unpaired) electrons. The third kappa shape index (κ3) is 2.63. The second-order valence-corrected chi connectivity index (χ2v) is 5.67. The predicted molar refractivity (Wildman–Crippen MR) is 88.4 cm³/mol. The number of hydrogen-bond acceptors (Lipinski definition) is 6. The first-order valence-electron chi connectivity index (χ1n) is 7.60. The van der Waals surface area contributed by atoms with Gasteiger partial charge in [0.15, 0.2) is 5.82 Å². The predicted octanol–water partition coefficient (Wildman–Crippen LogP) is 3.52. The molecule has 2 aromatic heterocycles. The van der Waals surface area contributed by atoms with E-state index in [2.05, 4.69) is 43.5 Å². The van der Waals surface area contributed by atoms with E-state index >= 15 is 0 Å². The Bertz CT molecular complexity index is 858. The van der Waals surface area contributed by atoms with Gasteiger partial charge >= 0.3 is 0 Å². The first-order valence-corrected chi connectivity index (χ1v) is 7.60. The van der Waals surface area contributed by atoms with Gasteiger partial charge in [-0.3, -0.25) is 0 Å². The normalized spacial score (nSPS) is 13.2. The number of nitrogens with one attached hydrogen (secondary N) is 1. The Balaban J connectivity index is 1.67. The van der Waals surface area contributed by atoms with Crippen molar-refractivity contribution < 1.29 is 4.52 Å². The molecule has 3 aromatic rings. The highest BCUT2D eigenvalue weighted by atomic mass is 16.5. The quantitative estimate of drug-likeness (QED) is 0.798. The van der Waals surface area contributed by atoms with Crippen LogP contribution in [0.25, 0.3) is 0 Å². The van der Waals surface area contributed by atoms with Gasteiger partial charge in [0.25, 0.3) is 0 Å². The molecule has 1 aliphatic heterocycles. The molecule has 0 bridgehead atoms. The lowest BCUT2D eigenvalue weighted by Gasteiger charge is -2.18. The largest absolute Gasteiger partial charge is 0.360 e. The van der Waals surface area contributed by atoms with Crippen LogP contribution < -0.4 is 10.2 Å². The van der Waals surface area contributed by atoms with Gasteiger partial charge in [0, 0.05) is 30.1 Å². The van der Waals surface area contributed by atoms with E-state index in [1.165, 1.54) is 11.3 Å². The van der Waals surface area contributed by atoms with Gasteiger partial charge in [0.1, 0.15) is 11.6 Å². The minimum absolute atomic E-state index is 0.647. The van der Waals surface area contributed by atoms with Gasteiger partial charge < -0.3 is 14.7 Å². The number of para-hydroxylation sites is 1. The standard InChI is InChI=1S/C17H17N5O/c1-11-9-15(19-16-10-12(2)23-21-16)20-17(18-11)22-8-7-13-5-3-4-6-14(13)22/h3-6,9-10H,7-8H2,1-2H3,(H,18,19,20,21). The van der Waals surface area contributed by atoms with Crippen molar-refractivity contribution in [1.29, 1.82) is 0 Å². The minimum Gasteiger partial charge on any atom is -0.360 e. The van der Waals surface area contributed by atoms with Gasteiger partial charge in [-0.05, 0) is 31.9 Å². The molecule has 23 heavy (non-hydrogen) atoms. The molecule has 3 heterocycles. The van der Waals surface area contributed by atoms with Crippen LogP contribution in [0.4, 0.5) is 23.3 Å². The summed E-state index contributed by atoms with van der Waals surface area (Å²) >= 11 is 0. The average Bonchev–Trinajstić information content (AvgIpc) is 3.13. The summed E-state index contributed by atoms with van der Waals surface area (Å²) in [6, 6.07) is 12.1. The topological polar surface area (TPSA) is 67.1 Å². The van der Waals surface area contributed by atoms with Crippen LogP contribution in [0.3, 0.4) is 0 Å². The van der Waals surface area contributed by atoms with Crippen LogP contribution in [0, 0.1) is 13.8 Å². The van der Waals surface area contributed by atoms with Gasteiger partial charge in [-0.25, -0.2) is 4.98 Å². The zero-order valence-corrected chi connectivity index (χ0v) is 13.1. The molecule has 0 unspecified atom stereocenters. The van der Waals surface area contributed by atoms with Gasteiger partial charge in [0.05, 0.1) is 0 Å². The van der Waals surface area contributed by atoms with E-state index in [1.807, 2.05) is 32.0 Å². The second kappa shape index (κ2) is 5.39. The van der Waals surface area contributed by atoms with Crippen molar-refractivity contribution in [2.24, 2.45) is 0 Å². The molecule has 4 rings (SSSR count). The van der Waals surface area contributed by atoms with E-state index < -0.39 is 0 Å². The van der Waals surface area contributed by atoms with E-state index in [-0.39, 0.29) is 0 Å². The summed E-state index contributed by atoms with van der Waals surface area (Å²) in [7, 11) is 0. The SMILES string of the molecule is Cc1cc(Nc2cc(C)on2)nc(N2CCc3ccccc32)n1. The van der Waals surface area contributed by atoms with Crippen molar-refractivity contribution in [1.82, 2.24) is 15.1 Å². The van der Waals surface area contributed by atoms with E-state index in [9.17, 15) is 0 Å². The number of hydrogen-bond donors (Lipinski definition) is 1. The molecule has 0 saturated heterocycles. The summed E-state index contributed by atoms with van der Waals surface area (Å²) in [5.74, 6) is 2.82. The van der Waals surface area contributed by atoms with Crippen LogP contribution in [-0.2, 0) is 6.42 Å². The molecular weight excluding hydrogens is 290 g/mol. The third-order valence-electron chi connectivity index (χ3n) is 3.86. The van der Waals surface area contributed by atoms with Crippen molar-refractivity contribution in [2.45, 2.75) is 20.3 Å². The monoisotopic (exact) mass is 307 g/mol. The number of fused-ring (bicyclic) bond motifs is 1. The number of nitrogens with zero attached hydrogens (tertiary/aromatic N) is 4. The molecule has 0 amide bonds. The van der Waals surface area contributed by atoms with Crippen LogP contribution in [0.2, 0.25) is 0 Å². The highest BCUT2D eigenvalue weighted by molar-refractivity contribution is 5.67. The molecule has 0 fully saturated rings.